The van der Waals surface area contributed by atoms with Crippen LogP contribution in [-0.2, 0) is 0 Å². The van der Waals surface area contributed by atoms with E-state index in [1.165, 1.54) is 0 Å². The molecule has 1 heterocycles. The molecule has 1 unspecified atom stereocenters. The third-order valence-corrected chi connectivity index (χ3v) is 4.56. The Labute approximate surface area is 153 Å². The average molecular weight is 403 g/mol. The van der Waals surface area contributed by atoms with Crippen molar-refractivity contribution < 1.29 is 9.90 Å². The first-order valence-electron chi connectivity index (χ1n) is 7.34. The van der Waals surface area contributed by atoms with Crippen molar-refractivity contribution in [2.75, 3.05) is 0 Å². The van der Waals surface area contributed by atoms with E-state index in [-0.39, 0.29) is 11.5 Å². The summed E-state index contributed by atoms with van der Waals surface area (Å²) in [5.41, 5.74) is 2.38. The molecule has 2 aromatic rings. The normalized spacial score (nSPS) is 17.2. The van der Waals surface area contributed by atoms with Crippen LogP contribution in [0.15, 0.2) is 64.3 Å². The Hall–Kier alpha value is -2.18. The minimum Gasteiger partial charge on any atom is -0.508 e. The van der Waals surface area contributed by atoms with E-state index in [9.17, 15) is 9.90 Å². The summed E-state index contributed by atoms with van der Waals surface area (Å²) in [6.45, 7) is 1.81. The highest BCUT2D eigenvalue weighted by Crippen LogP contribution is 2.35. The molecule has 1 atom stereocenters. The number of carbonyl (C=O) groups is 1. The van der Waals surface area contributed by atoms with Crippen molar-refractivity contribution in [1.82, 2.24) is 10.6 Å². The van der Waals surface area contributed by atoms with Crippen LogP contribution in [0.1, 0.15) is 28.9 Å². The van der Waals surface area contributed by atoms with Crippen molar-refractivity contribution in [3.8, 4) is 5.75 Å². The number of halogens is 1. The summed E-state index contributed by atoms with van der Waals surface area (Å²) in [6, 6.07) is 13.6. The lowest BCUT2D eigenvalue weighted by Gasteiger charge is -2.30. The molecular weight excluding hydrogens is 388 g/mol. The third kappa shape index (κ3) is 3.20. The number of thiocarbonyl (C=S) groups is 1. The Kier molecular flexibility index (Phi) is 4.69. The fourth-order valence-electron chi connectivity index (χ4n) is 2.73. The van der Waals surface area contributed by atoms with Gasteiger partial charge in [0.1, 0.15) is 5.75 Å². The number of phenolic OH excluding ortho intramolecular Hbond substituents is 1. The molecule has 0 saturated carbocycles. The molecule has 0 amide bonds. The molecule has 24 heavy (non-hydrogen) atoms. The number of benzene rings is 2. The van der Waals surface area contributed by atoms with Gasteiger partial charge in [0.15, 0.2) is 10.9 Å². The molecule has 0 fully saturated rings. The molecule has 0 bridgehead atoms. The van der Waals surface area contributed by atoms with Crippen LogP contribution in [0.4, 0.5) is 0 Å². The summed E-state index contributed by atoms with van der Waals surface area (Å²) in [6.07, 6.45) is 0. The molecule has 6 heteroatoms. The smallest absolute Gasteiger partial charge is 0.193 e. The van der Waals surface area contributed by atoms with Crippen molar-refractivity contribution in [2.24, 2.45) is 0 Å². The molecular formula is C18H15BrN2O2S. The first kappa shape index (κ1) is 16.7. The fraction of sp³-hybridized carbons (Fsp3) is 0.111. The lowest BCUT2D eigenvalue weighted by molar-refractivity contribution is 0.102. The standard InChI is InChI=1S/C18H15BrN2O2S/c1-10-15(17(23)11-5-3-2-4-6-11)16(21-18(24)20-10)13-9-12(19)7-8-14(13)22/h2-9,16,22H,1H3,(H2,20,21,24). The van der Waals surface area contributed by atoms with Crippen LogP contribution in [0.25, 0.3) is 0 Å². The number of hydrogen-bond acceptors (Lipinski definition) is 3. The van der Waals surface area contributed by atoms with Gasteiger partial charge in [0.05, 0.1) is 6.04 Å². The molecule has 0 saturated heterocycles. The van der Waals surface area contributed by atoms with Gasteiger partial charge in [-0.05, 0) is 37.3 Å². The number of allylic oxidation sites excluding steroid dienone is 1. The van der Waals surface area contributed by atoms with E-state index in [2.05, 4.69) is 26.6 Å². The van der Waals surface area contributed by atoms with E-state index >= 15 is 0 Å². The summed E-state index contributed by atoms with van der Waals surface area (Å²) in [4.78, 5) is 13.0. The van der Waals surface area contributed by atoms with Gasteiger partial charge in [0.2, 0.25) is 0 Å². The summed E-state index contributed by atoms with van der Waals surface area (Å²) < 4.78 is 0.811. The first-order chi connectivity index (χ1) is 11.5. The van der Waals surface area contributed by atoms with Crippen molar-refractivity contribution >= 4 is 39.0 Å². The largest absolute Gasteiger partial charge is 0.508 e. The van der Waals surface area contributed by atoms with Gasteiger partial charge in [-0.2, -0.15) is 0 Å². The number of nitrogens with one attached hydrogen (secondary N) is 2. The SMILES string of the molecule is CC1=C(C(=O)c2ccccc2)C(c2cc(Br)ccc2O)NC(=S)N1. The van der Waals surface area contributed by atoms with E-state index in [0.29, 0.717) is 27.5 Å². The van der Waals surface area contributed by atoms with Gasteiger partial charge in [-0.3, -0.25) is 4.79 Å². The predicted octanol–water partition coefficient (Wildman–Crippen LogP) is 3.83. The lowest BCUT2D eigenvalue weighted by Crippen LogP contribution is -2.44. The highest BCUT2D eigenvalue weighted by Gasteiger charge is 2.31. The molecule has 1 aliphatic rings. The Morgan fingerprint density at radius 1 is 1.21 bits per heavy atom. The quantitative estimate of drug-likeness (QED) is 0.537. The molecule has 1 aliphatic heterocycles. The Balaban J connectivity index is 2.12. The van der Waals surface area contributed by atoms with Crippen molar-refractivity contribution in [3.63, 3.8) is 0 Å². The van der Waals surface area contributed by atoms with Gasteiger partial charge in [-0.15, -0.1) is 0 Å². The van der Waals surface area contributed by atoms with Gasteiger partial charge >= 0.3 is 0 Å². The van der Waals surface area contributed by atoms with Crippen LogP contribution in [-0.4, -0.2) is 16.0 Å². The van der Waals surface area contributed by atoms with Gasteiger partial charge in [-0.25, -0.2) is 0 Å². The maximum atomic E-state index is 13.0. The number of hydrogen-bond donors (Lipinski definition) is 3. The summed E-state index contributed by atoms with van der Waals surface area (Å²) in [7, 11) is 0. The summed E-state index contributed by atoms with van der Waals surface area (Å²) >= 11 is 8.64. The predicted molar refractivity (Wildman–Crippen MR) is 101 cm³/mol. The molecule has 0 aliphatic carbocycles. The maximum Gasteiger partial charge on any atom is 0.193 e. The van der Waals surface area contributed by atoms with E-state index in [1.807, 2.05) is 25.1 Å². The Bertz CT molecular complexity index is 849. The van der Waals surface area contributed by atoms with Crippen molar-refractivity contribution in [3.05, 3.63) is 75.4 Å². The molecule has 122 valence electrons. The molecule has 0 spiro atoms. The second-order valence-electron chi connectivity index (χ2n) is 5.47. The number of ketones is 1. The number of carbonyl (C=O) groups excluding carboxylic acids is 1. The molecule has 0 aromatic heterocycles. The summed E-state index contributed by atoms with van der Waals surface area (Å²) in [5.74, 6) is -0.00784. The third-order valence-electron chi connectivity index (χ3n) is 3.85. The van der Waals surface area contributed by atoms with Gasteiger partial charge in [0, 0.05) is 26.9 Å². The molecule has 3 rings (SSSR count). The number of rotatable bonds is 3. The zero-order valence-corrected chi connectivity index (χ0v) is 15.2. The van der Waals surface area contributed by atoms with Crippen LogP contribution in [0.3, 0.4) is 0 Å². The van der Waals surface area contributed by atoms with E-state index in [4.69, 9.17) is 12.2 Å². The highest BCUT2D eigenvalue weighted by molar-refractivity contribution is 9.10. The minimum absolute atomic E-state index is 0.103. The number of Topliss-reactive ketones (excluding diaryl/α,β-unsaturated/α-hetero) is 1. The fourth-order valence-corrected chi connectivity index (χ4v) is 3.38. The van der Waals surface area contributed by atoms with Crippen LogP contribution in [0.2, 0.25) is 0 Å². The Morgan fingerprint density at radius 2 is 1.92 bits per heavy atom. The second kappa shape index (κ2) is 6.75. The minimum atomic E-state index is -0.524. The van der Waals surface area contributed by atoms with E-state index < -0.39 is 6.04 Å². The topological polar surface area (TPSA) is 61.4 Å². The lowest BCUT2D eigenvalue weighted by atomic mass is 9.89. The van der Waals surface area contributed by atoms with E-state index in [1.54, 1.807) is 30.3 Å². The van der Waals surface area contributed by atoms with Gasteiger partial charge in [0.25, 0.3) is 0 Å². The number of aromatic hydroxyl groups is 1. The summed E-state index contributed by atoms with van der Waals surface area (Å²) in [5, 5.41) is 16.8. The Morgan fingerprint density at radius 3 is 2.62 bits per heavy atom. The van der Waals surface area contributed by atoms with Crippen LogP contribution in [0, 0.1) is 0 Å². The molecule has 2 aromatic carbocycles. The monoisotopic (exact) mass is 402 g/mol. The van der Waals surface area contributed by atoms with Gasteiger partial charge in [-0.1, -0.05) is 46.3 Å². The zero-order chi connectivity index (χ0) is 17.3. The van der Waals surface area contributed by atoms with Crippen LogP contribution >= 0.6 is 28.1 Å². The number of phenols is 1. The second-order valence-corrected chi connectivity index (χ2v) is 6.79. The van der Waals surface area contributed by atoms with Crippen LogP contribution < -0.4 is 10.6 Å². The average Bonchev–Trinajstić information content (AvgIpc) is 2.56. The first-order valence-corrected chi connectivity index (χ1v) is 8.54. The van der Waals surface area contributed by atoms with Crippen molar-refractivity contribution in [2.45, 2.75) is 13.0 Å². The highest BCUT2D eigenvalue weighted by atomic mass is 79.9. The van der Waals surface area contributed by atoms with E-state index in [0.717, 1.165) is 4.47 Å². The molecule has 3 N–H and O–H groups in total. The van der Waals surface area contributed by atoms with Crippen molar-refractivity contribution in [1.29, 1.82) is 0 Å². The maximum absolute atomic E-state index is 13.0. The molecule has 0 radical (unpaired) electrons. The zero-order valence-electron chi connectivity index (χ0n) is 12.8. The van der Waals surface area contributed by atoms with Crippen LogP contribution in [0.5, 0.6) is 5.75 Å². The van der Waals surface area contributed by atoms with Gasteiger partial charge < -0.3 is 15.7 Å². The molecule has 4 nitrogen and oxygen atoms in total.